The van der Waals surface area contributed by atoms with Gasteiger partial charge in [-0.2, -0.15) is 0 Å². The standard InChI is InChI=1S/C23H24N4O2S2/c1-16-5-4-10-24-21(16)26-22(28)17-8-11-27(12-9-17)23(29)19-6-2-3-7-20(19)31-14-18-13-30-15-25-18/h2-7,10,13,15,17H,8-9,11-12,14H2,1H3,(H,24,26,28). The van der Waals surface area contributed by atoms with Crippen molar-refractivity contribution in [3.63, 3.8) is 0 Å². The summed E-state index contributed by atoms with van der Waals surface area (Å²) >= 11 is 3.21. The fourth-order valence-corrected chi connectivity index (χ4v) is 5.19. The maximum absolute atomic E-state index is 13.2. The van der Waals surface area contributed by atoms with E-state index >= 15 is 0 Å². The van der Waals surface area contributed by atoms with Gasteiger partial charge in [-0.1, -0.05) is 18.2 Å². The molecule has 4 rings (SSSR count). The molecule has 3 heterocycles. The molecular weight excluding hydrogens is 428 g/mol. The molecule has 2 aromatic heterocycles. The fraction of sp³-hybridized carbons (Fsp3) is 0.304. The minimum absolute atomic E-state index is 0.0203. The molecule has 160 valence electrons. The SMILES string of the molecule is Cc1cccnc1NC(=O)C1CCN(C(=O)c2ccccc2SCc2cscn2)CC1. The Bertz CT molecular complexity index is 1050. The second-order valence-electron chi connectivity index (χ2n) is 7.49. The van der Waals surface area contributed by atoms with Crippen LogP contribution in [0.25, 0.3) is 0 Å². The van der Waals surface area contributed by atoms with E-state index in [1.165, 1.54) is 0 Å². The number of carbonyl (C=O) groups excluding carboxylic acids is 2. The zero-order chi connectivity index (χ0) is 21.6. The van der Waals surface area contributed by atoms with Crippen LogP contribution < -0.4 is 5.32 Å². The highest BCUT2D eigenvalue weighted by atomic mass is 32.2. The number of hydrogen-bond donors (Lipinski definition) is 1. The summed E-state index contributed by atoms with van der Waals surface area (Å²) in [6, 6.07) is 11.5. The van der Waals surface area contributed by atoms with Crippen molar-refractivity contribution in [3.8, 4) is 0 Å². The lowest BCUT2D eigenvalue weighted by molar-refractivity contribution is -0.121. The third kappa shape index (κ3) is 5.32. The van der Waals surface area contributed by atoms with Gasteiger partial charge in [-0.25, -0.2) is 9.97 Å². The first-order valence-electron chi connectivity index (χ1n) is 10.2. The summed E-state index contributed by atoms with van der Waals surface area (Å²) in [7, 11) is 0. The lowest BCUT2D eigenvalue weighted by atomic mass is 9.95. The number of thiazole rings is 1. The second kappa shape index (κ2) is 10.1. The van der Waals surface area contributed by atoms with Crippen LogP contribution in [0, 0.1) is 12.8 Å². The Balaban J connectivity index is 1.35. The number of piperidine rings is 1. The predicted molar refractivity (Wildman–Crippen MR) is 124 cm³/mol. The first kappa shape index (κ1) is 21.5. The lowest BCUT2D eigenvalue weighted by Gasteiger charge is -2.31. The summed E-state index contributed by atoms with van der Waals surface area (Å²) in [4.78, 5) is 37.2. The van der Waals surface area contributed by atoms with Crippen molar-refractivity contribution in [1.29, 1.82) is 0 Å². The quantitative estimate of drug-likeness (QED) is 0.552. The van der Waals surface area contributed by atoms with E-state index in [0.29, 0.717) is 31.7 Å². The van der Waals surface area contributed by atoms with E-state index in [1.807, 2.05) is 59.1 Å². The highest BCUT2D eigenvalue weighted by Crippen LogP contribution is 2.29. The van der Waals surface area contributed by atoms with Crippen LogP contribution in [0.5, 0.6) is 0 Å². The molecular formula is C23H24N4O2S2. The zero-order valence-electron chi connectivity index (χ0n) is 17.3. The molecule has 1 aliphatic rings. The summed E-state index contributed by atoms with van der Waals surface area (Å²) in [5, 5.41) is 4.96. The molecule has 0 spiro atoms. The number of amides is 2. The molecule has 1 aliphatic heterocycles. The number of likely N-dealkylation sites (tertiary alicyclic amines) is 1. The van der Waals surface area contributed by atoms with Gasteiger partial charge >= 0.3 is 0 Å². The summed E-state index contributed by atoms with van der Waals surface area (Å²) in [6.45, 7) is 3.07. The Hall–Kier alpha value is -2.71. The van der Waals surface area contributed by atoms with Crippen molar-refractivity contribution in [2.24, 2.45) is 5.92 Å². The number of nitrogens with one attached hydrogen (secondary N) is 1. The van der Waals surface area contributed by atoms with Crippen molar-refractivity contribution in [2.45, 2.75) is 30.4 Å². The molecule has 31 heavy (non-hydrogen) atoms. The fourth-order valence-electron chi connectivity index (χ4n) is 3.58. The molecule has 0 aliphatic carbocycles. The predicted octanol–water partition coefficient (Wildman–Crippen LogP) is 4.63. The van der Waals surface area contributed by atoms with Crippen molar-refractivity contribution in [3.05, 3.63) is 70.3 Å². The first-order chi connectivity index (χ1) is 15.1. The number of rotatable bonds is 6. The molecule has 0 saturated carbocycles. The Morgan fingerprint density at radius 1 is 1.16 bits per heavy atom. The number of nitrogens with zero attached hydrogens (tertiary/aromatic N) is 3. The van der Waals surface area contributed by atoms with E-state index in [9.17, 15) is 9.59 Å². The third-order valence-corrected chi connectivity index (χ3v) is 7.12. The van der Waals surface area contributed by atoms with Gasteiger partial charge in [0.1, 0.15) is 5.82 Å². The average Bonchev–Trinajstić information content (AvgIpc) is 3.33. The number of benzene rings is 1. The van der Waals surface area contributed by atoms with Gasteiger partial charge in [-0.05, 0) is 43.5 Å². The summed E-state index contributed by atoms with van der Waals surface area (Å²) in [5.74, 6) is 1.24. The molecule has 1 aromatic carbocycles. The van der Waals surface area contributed by atoms with Crippen LogP contribution in [-0.2, 0) is 10.5 Å². The molecule has 1 N–H and O–H groups in total. The van der Waals surface area contributed by atoms with E-state index < -0.39 is 0 Å². The average molecular weight is 453 g/mol. The van der Waals surface area contributed by atoms with E-state index in [-0.39, 0.29) is 17.7 Å². The van der Waals surface area contributed by atoms with Gasteiger partial charge in [0.25, 0.3) is 5.91 Å². The Labute approximate surface area is 190 Å². The van der Waals surface area contributed by atoms with Crippen molar-refractivity contribution >= 4 is 40.7 Å². The topological polar surface area (TPSA) is 75.2 Å². The largest absolute Gasteiger partial charge is 0.339 e. The van der Waals surface area contributed by atoms with Gasteiger partial charge in [0.05, 0.1) is 16.8 Å². The summed E-state index contributed by atoms with van der Waals surface area (Å²) in [5.41, 5.74) is 4.50. The molecule has 6 nitrogen and oxygen atoms in total. The van der Waals surface area contributed by atoms with E-state index in [0.717, 1.165) is 27.5 Å². The highest BCUT2D eigenvalue weighted by molar-refractivity contribution is 7.98. The van der Waals surface area contributed by atoms with Gasteiger partial charge in [0.2, 0.25) is 5.91 Å². The van der Waals surface area contributed by atoms with Crippen LogP contribution in [0.4, 0.5) is 5.82 Å². The van der Waals surface area contributed by atoms with Crippen molar-refractivity contribution in [1.82, 2.24) is 14.9 Å². The molecule has 0 atom stereocenters. The number of thioether (sulfide) groups is 1. The third-order valence-electron chi connectivity index (χ3n) is 5.38. The summed E-state index contributed by atoms with van der Waals surface area (Å²) in [6.07, 6.45) is 2.98. The number of anilines is 1. The molecule has 8 heteroatoms. The summed E-state index contributed by atoms with van der Waals surface area (Å²) < 4.78 is 0. The van der Waals surface area contributed by atoms with Crippen molar-refractivity contribution in [2.75, 3.05) is 18.4 Å². The van der Waals surface area contributed by atoms with Gasteiger partial charge in [-0.3, -0.25) is 9.59 Å². The van der Waals surface area contributed by atoms with Crippen LogP contribution >= 0.6 is 23.1 Å². The van der Waals surface area contributed by atoms with Crippen LogP contribution in [0.1, 0.15) is 34.5 Å². The van der Waals surface area contributed by atoms with E-state index in [4.69, 9.17) is 0 Å². The monoisotopic (exact) mass is 452 g/mol. The van der Waals surface area contributed by atoms with Crippen LogP contribution in [0.15, 0.2) is 58.4 Å². The maximum atomic E-state index is 13.2. The number of aryl methyl sites for hydroxylation is 1. The van der Waals surface area contributed by atoms with E-state index in [2.05, 4.69) is 15.3 Å². The first-order valence-corrected chi connectivity index (χ1v) is 12.2. The normalized spacial score (nSPS) is 14.4. The number of carbonyl (C=O) groups is 2. The molecule has 0 radical (unpaired) electrons. The Kier molecular flexibility index (Phi) is 6.99. The van der Waals surface area contributed by atoms with Crippen LogP contribution in [-0.4, -0.2) is 39.8 Å². The minimum atomic E-state index is -0.111. The molecule has 3 aromatic rings. The van der Waals surface area contributed by atoms with Crippen molar-refractivity contribution < 1.29 is 9.59 Å². The maximum Gasteiger partial charge on any atom is 0.254 e. The van der Waals surface area contributed by atoms with Crippen LogP contribution in [0.2, 0.25) is 0 Å². The van der Waals surface area contributed by atoms with Gasteiger partial charge in [0.15, 0.2) is 0 Å². The van der Waals surface area contributed by atoms with Gasteiger partial charge < -0.3 is 10.2 Å². The highest BCUT2D eigenvalue weighted by Gasteiger charge is 2.29. The molecule has 0 unspecified atom stereocenters. The number of aromatic nitrogens is 2. The molecule has 2 amide bonds. The molecule has 1 fully saturated rings. The smallest absolute Gasteiger partial charge is 0.254 e. The minimum Gasteiger partial charge on any atom is -0.339 e. The Morgan fingerprint density at radius 3 is 2.71 bits per heavy atom. The number of pyridine rings is 1. The van der Waals surface area contributed by atoms with Gasteiger partial charge in [-0.15, -0.1) is 23.1 Å². The zero-order valence-corrected chi connectivity index (χ0v) is 18.9. The second-order valence-corrected chi connectivity index (χ2v) is 9.23. The lowest BCUT2D eigenvalue weighted by Crippen LogP contribution is -2.41. The van der Waals surface area contributed by atoms with E-state index in [1.54, 1.807) is 29.3 Å². The number of hydrogen-bond acceptors (Lipinski definition) is 6. The van der Waals surface area contributed by atoms with Crippen LogP contribution in [0.3, 0.4) is 0 Å². The Morgan fingerprint density at radius 2 is 1.97 bits per heavy atom. The van der Waals surface area contributed by atoms with Gasteiger partial charge in [0, 0.05) is 41.2 Å². The molecule has 1 saturated heterocycles. The molecule has 0 bridgehead atoms.